The van der Waals surface area contributed by atoms with Gasteiger partial charge in [-0.25, -0.2) is 4.98 Å². The van der Waals surface area contributed by atoms with Gasteiger partial charge in [0.2, 0.25) is 11.9 Å². The Balaban J connectivity index is 1.76. The van der Waals surface area contributed by atoms with Gasteiger partial charge in [0, 0.05) is 16.8 Å². The Hall–Kier alpha value is -2.19. The number of para-hydroxylation sites is 1. The molecule has 0 radical (unpaired) electrons. The van der Waals surface area contributed by atoms with Gasteiger partial charge in [0.25, 0.3) is 0 Å². The van der Waals surface area contributed by atoms with Gasteiger partial charge < -0.3 is 11.1 Å². The number of hydrogen-bond donors (Lipinski definition) is 2. The number of anilines is 3. The first kappa shape index (κ1) is 16.7. The summed E-state index contributed by atoms with van der Waals surface area (Å²) in [5, 5.41) is 5.27. The molecule has 0 unspecified atom stereocenters. The fourth-order valence-electron chi connectivity index (χ4n) is 2.15. The Bertz CT molecular complexity index is 833. The molecule has 3 aromatic rings. The van der Waals surface area contributed by atoms with Crippen LogP contribution in [-0.4, -0.2) is 19.9 Å². The van der Waals surface area contributed by atoms with Crippen molar-refractivity contribution < 1.29 is 0 Å². The van der Waals surface area contributed by atoms with Gasteiger partial charge in [-0.2, -0.15) is 15.0 Å². The number of nitrogens with one attached hydrogen (secondary N) is 1. The molecule has 0 atom stereocenters. The van der Waals surface area contributed by atoms with Crippen molar-refractivity contribution in [1.82, 2.24) is 19.9 Å². The Morgan fingerprint density at radius 1 is 1.17 bits per heavy atom. The van der Waals surface area contributed by atoms with Crippen LogP contribution in [0.3, 0.4) is 0 Å². The lowest BCUT2D eigenvalue weighted by Gasteiger charge is -2.10. The highest BCUT2D eigenvalue weighted by molar-refractivity contribution is 8.00. The number of nitrogens with zero attached hydrogens (tertiary/aromatic N) is 4. The maximum atomic E-state index is 5.83. The molecule has 0 saturated heterocycles. The number of nitrogens with two attached hydrogens (primary N) is 1. The van der Waals surface area contributed by atoms with E-state index in [9.17, 15) is 0 Å². The number of aryl methyl sites for hydroxylation is 2. The van der Waals surface area contributed by atoms with Crippen LogP contribution in [0.15, 0.2) is 34.0 Å². The average Bonchev–Trinajstić information content (AvgIpc) is 2.98. The zero-order chi connectivity index (χ0) is 16.9. The van der Waals surface area contributed by atoms with Crippen LogP contribution >= 0.6 is 23.1 Å². The molecule has 6 nitrogen and oxygen atoms in total. The fraction of sp³-hybridized carbons (Fsp3) is 0.250. The van der Waals surface area contributed by atoms with E-state index in [2.05, 4.69) is 38.2 Å². The molecule has 8 heteroatoms. The third-order valence-electron chi connectivity index (χ3n) is 3.27. The molecule has 0 aliphatic carbocycles. The van der Waals surface area contributed by atoms with Crippen LogP contribution < -0.4 is 11.1 Å². The molecular weight excluding hydrogens is 340 g/mol. The second kappa shape index (κ2) is 7.59. The molecule has 2 aromatic heterocycles. The van der Waals surface area contributed by atoms with Crippen LogP contribution in [0.5, 0.6) is 0 Å². The lowest BCUT2D eigenvalue weighted by molar-refractivity contribution is 0.979. The predicted molar refractivity (Wildman–Crippen MR) is 99.8 cm³/mol. The Kier molecular flexibility index (Phi) is 5.27. The summed E-state index contributed by atoms with van der Waals surface area (Å²) in [6, 6.07) is 8.08. The van der Waals surface area contributed by atoms with E-state index in [0.29, 0.717) is 17.5 Å². The summed E-state index contributed by atoms with van der Waals surface area (Å²) < 4.78 is 0.998. The second-order valence-electron chi connectivity index (χ2n) is 5.11. The van der Waals surface area contributed by atoms with Crippen LogP contribution in [0.25, 0.3) is 0 Å². The Morgan fingerprint density at radius 2 is 2.00 bits per heavy atom. The molecule has 0 aliphatic rings. The maximum Gasteiger partial charge on any atom is 0.232 e. The summed E-state index contributed by atoms with van der Waals surface area (Å²) >= 11 is 3.22. The van der Waals surface area contributed by atoms with Crippen LogP contribution in [-0.2, 0) is 12.2 Å². The average molecular weight is 358 g/mol. The number of rotatable bonds is 6. The Morgan fingerprint density at radius 3 is 2.75 bits per heavy atom. The molecule has 0 fully saturated rings. The monoisotopic (exact) mass is 358 g/mol. The summed E-state index contributed by atoms with van der Waals surface area (Å²) in [7, 11) is 0. The quantitative estimate of drug-likeness (QED) is 0.647. The van der Waals surface area contributed by atoms with Crippen molar-refractivity contribution in [3.8, 4) is 0 Å². The minimum absolute atomic E-state index is 0.215. The highest BCUT2D eigenvalue weighted by Crippen LogP contribution is 2.26. The lowest BCUT2D eigenvalue weighted by Crippen LogP contribution is -2.07. The van der Waals surface area contributed by atoms with Gasteiger partial charge in [-0.3, -0.25) is 0 Å². The number of hydrogen-bond acceptors (Lipinski definition) is 8. The topological polar surface area (TPSA) is 89.6 Å². The number of nitrogen functional groups attached to an aromatic ring is 1. The van der Waals surface area contributed by atoms with Crippen LogP contribution in [0.1, 0.15) is 24.0 Å². The number of thioether (sulfide) groups is 1. The van der Waals surface area contributed by atoms with E-state index in [4.69, 9.17) is 5.73 Å². The van der Waals surface area contributed by atoms with Gasteiger partial charge in [0.15, 0.2) is 4.34 Å². The second-order valence-corrected chi connectivity index (χ2v) is 7.19. The molecule has 3 rings (SSSR count). The van der Waals surface area contributed by atoms with Crippen LogP contribution in [0.2, 0.25) is 0 Å². The molecule has 0 spiro atoms. The largest absolute Gasteiger partial charge is 0.368 e. The first-order chi connectivity index (χ1) is 11.6. The van der Waals surface area contributed by atoms with Crippen LogP contribution in [0.4, 0.5) is 17.6 Å². The molecule has 24 heavy (non-hydrogen) atoms. The summed E-state index contributed by atoms with van der Waals surface area (Å²) in [5.41, 5.74) is 9.04. The van der Waals surface area contributed by atoms with E-state index >= 15 is 0 Å². The zero-order valence-electron chi connectivity index (χ0n) is 13.5. The van der Waals surface area contributed by atoms with E-state index < -0.39 is 0 Å². The number of benzene rings is 1. The van der Waals surface area contributed by atoms with E-state index in [1.807, 2.05) is 30.5 Å². The smallest absolute Gasteiger partial charge is 0.232 e. The van der Waals surface area contributed by atoms with Gasteiger partial charge in [0.05, 0.1) is 5.75 Å². The fourth-order valence-corrected chi connectivity index (χ4v) is 3.86. The number of thiazole rings is 1. The zero-order valence-corrected chi connectivity index (χ0v) is 15.1. The minimum Gasteiger partial charge on any atom is -0.368 e. The maximum absolute atomic E-state index is 5.83. The predicted octanol–water partition coefficient (Wildman–Crippen LogP) is 3.82. The van der Waals surface area contributed by atoms with Crippen molar-refractivity contribution in [2.45, 2.75) is 30.4 Å². The Labute approximate surface area is 149 Å². The van der Waals surface area contributed by atoms with Gasteiger partial charge in [-0.05, 0) is 25.0 Å². The molecule has 2 heterocycles. The van der Waals surface area contributed by atoms with E-state index in [-0.39, 0.29) is 5.95 Å². The molecule has 1 aromatic carbocycles. The summed E-state index contributed by atoms with van der Waals surface area (Å²) in [6.45, 7) is 4.09. The van der Waals surface area contributed by atoms with E-state index in [1.165, 1.54) is 5.56 Å². The first-order valence-corrected chi connectivity index (χ1v) is 9.41. The van der Waals surface area contributed by atoms with E-state index in [1.54, 1.807) is 23.1 Å². The first-order valence-electron chi connectivity index (χ1n) is 7.54. The molecular formula is C16H18N6S2. The van der Waals surface area contributed by atoms with Crippen molar-refractivity contribution in [3.05, 3.63) is 46.7 Å². The van der Waals surface area contributed by atoms with Crippen molar-refractivity contribution in [3.63, 3.8) is 0 Å². The summed E-state index contributed by atoms with van der Waals surface area (Å²) in [6.07, 6.45) is 0.926. The minimum atomic E-state index is 0.215. The SMILES string of the molecule is CCc1ccccc1Nc1nc(N)nc(CSc2nc(C)cs2)n1. The van der Waals surface area contributed by atoms with Crippen molar-refractivity contribution in [2.75, 3.05) is 11.1 Å². The highest BCUT2D eigenvalue weighted by Gasteiger charge is 2.08. The molecule has 0 amide bonds. The molecule has 0 aliphatic heterocycles. The molecule has 124 valence electrons. The molecule has 3 N–H and O–H groups in total. The van der Waals surface area contributed by atoms with Crippen molar-refractivity contribution in [1.29, 1.82) is 0 Å². The summed E-state index contributed by atoms with van der Waals surface area (Å²) in [5.74, 6) is 1.92. The van der Waals surface area contributed by atoms with Gasteiger partial charge in [0.1, 0.15) is 5.82 Å². The molecule has 0 bridgehead atoms. The third kappa shape index (κ3) is 4.21. The normalized spacial score (nSPS) is 10.8. The standard InChI is InChI=1S/C16H18N6S2/c1-3-11-6-4-5-7-12(11)19-15-21-13(20-14(17)22-15)9-24-16-18-10(2)8-23-16/h4-8H,3,9H2,1-2H3,(H3,17,19,20,21,22). The third-order valence-corrected chi connectivity index (χ3v) is 5.40. The summed E-state index contributed by atoms with van der Waals surface area (Å²) in [4.78, 5) is 17.3. The number of aromatic nitrogens is 4. The van der Waals surface area contributed by atoms with Gasteiger partial charge in [-0.15, -0.1) is 11.3 Å². The van der Waals surface area contributed by atoms with Crippen molar-refractivity contribution >= 4 is 40.7 Å². The van der Waals surface area contributed by atoms with Gasteiger partial charge in [-0.1, -0.05) is 36.9 Å². The molecule has 0 saturated carbocycles. The van der Waals surface area contributed by atoms with Gasteiger partial charge >= 0.3 is 0 Å². The highest BCUT2D eigenvalue weighted by atomic mass is 32.2. The van der Waals surface area contributed by atoms with Crippen LogP contribution in [0, 0.1) is 6.92 Å². The lowest BCUT2D eigenvalue weighted by atomic mass is 10.1. The van der Waals surface area contributed by atoms with Crippen molar-refractivity contribution in [2.24, 2.45) is 0 Å². The van der Waals surface area contributed by atoms with E-state index in [0.717, 1.165) is 22.1 Å².